The van der Waals surface area contributed by atoms with E-state index in [0.29, 0.717) is 36.1 Å². The van der Waals surface area contributed by atoms with E-state index in [-0.39, 0.29) is 5.91 Å². The molecule has 5 nitrogen and oxygen atoms in total. The van der Waals surface area contributed by atoms with E-state index in [1.165, 1.54) is 0 Å². The Bertz CT molecular complexity index is 628. The fourth-order valence-electron chi connectivity index (χ4n) is 3.22. The van der Waals surface area contributed by atoms with Gasteiger partial charge in [-0.05, 0) is 63.1 Å². The van der Waals surface area contributed by atoms with Crippen LogP contribution in [0.4, 0.5) is 5.69 Å². The lowest BCUT2D eigenvalue weighted by atomic mass is 9.78. The minimum atomic E-state index is -0.758. The van der Waals surface area contributed by atoms with Gasteiger partial charge < -0.3 is 14.8 Å². The van der Waals surface area contributed by atoms with Crippen LogP contribution in [0.2, 0.25) is 0 Å². The van der Waals surface area contributed by atoms with Crippen LogP contribution in [-0.4, -0.2) is 24.7 Å². The van der Waals surface area contributed by atoms with Gasteiger partial charge >= 0.3 is 0 Å². The first-order valence-electron chi connectivity index (χ1n) is 9.17. The number of nitrogens with one attached hydrogen (secondary N) is 1. The highest BCUT2D eigenvalue weighted by atomic mass is 16.5. The van der Waals surface area contributed by atoms with Gasteiger partial charge in [-0.25, -0.2) is 0 Å². The summed E-state index contributed by atoms with van der Waals surface area (Å²) in [4.78, 5) is 12.9. The van der Waals surface area contributed by atoms with Crippen molar-refractivity contribution in [3.8, 4) is 11.8 Å². The summed E-state index contributed by atoms with van der Waals surface area (Å²) in [6, 6.07) is 7.30. The highest BCUT2D eigenvalue weighted by Gasteiger charge is 2.41. The van der Waals surface area contributed by atoms with Gasteiger partial charge in [-0.15, -0.1) is 0 Å². The lowest BCUT2D eigenvalue weighted by molar-refractivity contribution is -0.146. The third-order valence-corrected chi connectivity index (χ3v) is 4.74. The highest BCUT2D eigenvalue weighted by molar-refractivity contribution is 5.97. The molecule has 0 aliphatic heterocycles. The van der Waals surface area contributed by atoms with E-state index in [1.54, 1.807) is 18.2 Å². The minimum Gasteiger partial charge on any atom is -0.492 e. The molecule has 1 aromatic carbocycles. The average Bonchev–Trinajstić information content (AvgIpc) is 2.62. The maximum atomic E-state index is 12.9. The van der Waals surface area contributed by atoms with Gasteiger partial charge in [0.1, 0.15) is 17.4 Å². The SMILES string of the molecule is CCCOc1ccc(NC(=O)C2(OCC)CCC(C)CC2)cc1C#N. The van der Waals surface area contributed by atoms with Crippen LogP contribution < -0.4 is 10.1 Å². The quantitative estimate of drug-likeness (QED) is 0.802. The van der Waals surface area contributed by atoms with Crippen LogP contribution >= 0.6 is 0 Å². The zero-order valence-electron chi connectivity index (χ0n) is 15.4. The fourth-order valence-corrected chi connectivity index (χ4v) is 3.22. The van der Waals surface area contributed by atoms with Crippen LogP contribution in [0, 0.1) is 17.2 Å². The maximum absolute atomic E-state index is 12.9. The molecule has 136 valence electrons. The zero-order valence-corrected chi connectivity index (χ0v) is 15.4. The van der Waals surface area contributed by atoms with Crippen molar-refractivity contribution < 1.29 is 14.3 Å². The molecule has 1 amide bonds. The molecule has 0 saturated heterocycles. The molecule has 1 fully saturated rings. The molecule has 0 aromatic heterocycles. The molecule has 0 unspecified atom stereocenters. The first-order chi connectivity index (χ1) is 12.0. The molecule has 5 heteroatoms. The maximum Gasteiger partial charge on any atom is 0.256 e. The van der Waals surface area contributed by atoms with Crippen molar-refractivity contribution in [2.45, 2.75) is 58.5 Å². The van der Waals surface area contributed by atoms with E-state index < -0.39 is 5.60 Å². The summed E-state index contributed by atoms with van der Waals surface area (Å²) in [5, 5.41) is 12.3. The monoisotopic (exact) mass is 344 g/mol. The van der Waals surface area contributed by atoms with E-state index in [4.69, 9.17) is 9.47 Å². The third kappa shape index (κ3) is 4.73. The Morgan fingerprint density at radius 3 is 2.68 bits per heavy atom. The van der Waals surface area contributed by atoms with Gasteiger partial charge in [-0.1, -0.05) is 13.8 Å². The van der Waals surface area contributed by atoms with Crippen LogP contribution in [-0.2, 0) is 9.53 Å². The second kappa shape index (κ2) is 8.87. The Balaban J connectivity index is 2.14. The van der Waals surface area contributed by atoms with Crippen LogP contribution in [0.25, 0.3) is 0 Å². The number of benzene rings is 1. The lowest BCUT2D eigenvalue weighted by Gasteiger charge is -2.37. The molecular weight excluding hydrogens is 316 g/mol. The number of anilines is 1. The van der Waals surface area contributed by atoms with Crippen molar-refractivity contribution in [3.63, 3.8) is 0 Å². The van der Waals surface area contributed by atoms with Crippen molar-refractivity contribution >= 4 is 11.6 Å². The number of nitriles is 1. The number of nitrogens with zero attached hydrogens (tertiary/aromatic N) is 1. The number of hydrogen-bond acceptors (Lipinski definition) is 4. The molecule has 1 saturated carbocycles. The molecule has 1 aliphatic rings. The molecule has 0 atom stereocenters. The summed E-state index contributed by atoms with van der Waals surface area (Å²) < 4.78 is 11.4. The largest absolute Gasteiger partial charge is 0.492 e. The minimum absolute atomic E-state index is 0.118. The van der Waals surface area contributed by atoms with E-state index in [0.717, 1.165) is 32.1 Å². The summed E-state index contributed by atoms with van der Waals surface area (Å²) >= 11 is 0. The summed E-state index contributed by atoms with van der Waals surface area (Å²) in [5.41, 5.74) is 0.267. The first-order valence-corrected chi connectivity index (χ1v) is 9.17. The molecule has 2 rings (SSSR count). The standard InChI is InChI=1S/C20H28N2O3/c1-4-12-24-18-7-6-17(13-16(18)14-21)22-19(23)20(25-5-2)10-8-15(3)9-11-20/h6-7,13,15H,4-5,8-12H2,1-3H3,(H,22,23). The topological polar surface area (TPSA) is 71.3 Å². The summed E-state index contributed by atoms with van der Waals surface area (Å²) in [5.74, 6) is 1.06. The van der Waals surface area contributed by atoms with Gasteiger partial charge in [-0.3, -0.25) is 4.79 Å². The number of carbonyl (C=O) groups is 1. The van der Waals surface area contributed by atoms with Gasteiger partial charge in [0.15, 0.2) is 0 Å². The van der Waals surface area contributed by atoms with Gasteiger partial charge in [0, 0.05) is 12.3 Å². The predicted octanol–water partition coefficient (Wildman–Crippen LogP) is 4.27. The summed E-state index contributed by atoms with van der Waals surface area (Å²) in [6.07, 6.45) is 4.31. The fraction of sp³-hybridized carbons (Fsp3) is 0.600. The van der Waals surface area contributed by atoms with Gasteiger partial charge in [0.05, 0.1) is 12.2 Å². The Hall–Kier alpha value is -2.06. The van der Waals surface area contributed by atoms with Crippen molar-refractivity contribution in [1.29, 1.82) is 5.26 Å². The van der Waals surface area contributed by atoms with Crippen molar-refractivity contribution in [1.82, 2.24) is 0 Å². The molecule has 1 aliphatic carbocycles. The number of ether oxygens (including phenoxy) is 2. The number of amides is 1. The van der Waals surface area contributed by atoms with Crippen molar-refractivity contribution in [2.24, 2.45) is 5.92 Å². The Kier molecular flexibility index (Phi) is 6.83. The lowest BCUT2D eigenvalue weighted by Crippen LogP contribution is -2.48. The van der Waals surface area contributed by atoms with Gasteiger partial charge in [0.2, 0.25) is 0 Å². The number of hydrogen-bond donors (Lipinski definition) is 1. The number of rotatable bonds is 7. The summed E-state index contributed by atoms with van der Waals surface area (Å²) in [6.45, 7) is 7.21. The molecule has 25 heavy (non-hydrogen) atoms. The van der Waals surface area contributed by atoms with Crippen LogP contribution in [0.3, 0.4) is 0 Å². The van der Waals surface area contributed by atoms with Gasteiger partial charge in [-0.2, -0.15) is 5.26 Å². The number of carbonyl (C=O) groups excluding carboxylic acids is 1. The average molecular weight is 344 g/mol. The Labute approximate surface area is 150 Å². The van der Waals surface area contributed by atoms with Gasteiger partial charge in [0.25, 0.3) is 5.91 Å². The van der Waals surface area contributed by atoms with Crippen LogP contribution in [0.5, 0.6) is 5.75 Å². The van der Waals surface area contributed by atoms with E-state index >= 15 is 0 Å². The molecule has 0 heterocycles. The van der Waals surface area contributed by atoms with E-state index in [9.17, 15) is 10.1 Å². The highest BCUT2D eigenvalue weighted by Crippen LogP contribution is 2.36. The third-order valence-electron chi connectivity index (χ3n) is 4.74. The normalized spacial score (nSPS) is 22.9. The molecular formula is C20H28N2O3. The van der Waals surface area contributed by atoms with Crippen molar-refractivity contribution in [3.05, 3.63) is 23.8 Å². The summed E-state index contributed by atoms with van der Waals surface area (Å²) in [7, 11) is 0. The zero-order chi connectivity index (χ0) is 18.3. The Morgan fingerprint density at radius 1 is 1.36 bits per heavy atom. The van der Waals surface area contributed by atoms with E-state index in [2.05, 4.69) is 18.3 Å². The predicted molar refractivity (Wildman–Crippen MR) is 97.6 cm³/mol. The molecule has 1 N–H and O–H groups in total. The van der Waals surface area contributed by atoms with Crippen LogP contribution in [0.1, 0.15) is 58.4 Å². The first kappa shape index (κ1) is 19.3. The second-order valence-corrected chi connectivity index (χ2v) is 6.74. The van der Waals surface area contributed by atoms with E-state index in [1.807, 2.05) is 13.8 Å². The van der Waals surface area contributed by atoms with Crippen LogP contribution in [0.15, 0.2) is 18.2 Å². The second-order valence-electron chi connectivity index (χ2n) is 6.74. The Morgan fingerprint density at radius 2 is 2.08 bits per heavy atom. The molecule has 0 radical (unpaired) electrons. The molecule has 0 bridgehead atoms. The molecule has 0 spiro atoms. The smallest absolute Gasteiger partial charge is 0.256 e. The van der Waals surface area contributed by atoms with Crippen molar-refractivity contribution in [2.75, 3.05) is 18.5 Å². The molecule has 1 aromatic rings.